The Morgan fingerprint density at radius 3 is 2.38 bits per heavy atom. The highest BCUT2D eigenvalue weighted by molar-refractivity contribution is 5.89. The van der Waals surface area contributed by atoms with Gasteiger partial charge in [-0.2, -0.15) is 0 Å². The Bertz CT molecular complexity index is 1020. The molecule has 29 heavy (non-hydrogen) atoms. The summed E-state index contributed by atoms with van der Waals surface area (Å²) < 4.78 is 15.4. The lowest BCUT2D eigenvalue weighted by Gasteiger charge is -2.38. The van der Waals surface area contributed by atoms with E-state index < -0.39 is 0 Å². The van der Waals surface area contributed by atoms with E-state index >= 15 is 0 Å². The second kappa shape index (κ2) is 7.03. The fourth-order valence-electron chi connectivity index (χ4n) is 4.65. The van der Waals surface area contributed by atoms with Gasteiger partial charge >= 0.3 is 6.03 Å². The zero-order chi connectivity index (χ0) is 19.8. The van der Waals surface area contributed by atoms with Gasteiger partial charge in [0.25, 0.3) is 0 Å². The molecular formula is C23H23FN4O. The van der Waals surface area contributed by atoms with E-state index in [0.29, 0.717) is 18.8 Å². The maximum atomic E-state index is 13.0. The van der Waals surface area contributed by atoms with Crippen LogP contribution in [0.2, 0.25) is 0 Å². The van der Waals surface area contributed by atoms with Gasteiger partial charge in [-0.15, -0.1) is 0 Å². The van der Waals surface area contributed by atoms with Crippen LogP contribution in [-0.2, 0) is 12.0 Å². The minimum atomic E-state index is -0.311. The molecule has 2 aliphatic heterocycles. The Morgan fingerprint density at radius 2 is 1.66 bits per heavy atom. The van der Waals surface area contributed by atoms with E-state index in [1.54, 1.807) is 12.1 Å². The molecule has 0 bridgehead atoms. The van der Waals surface area contributed by atoms with Crippen LogP contribution in [0.3, 0.4) is 0 Å². The maximum absolute atomic E-state index is 13.0. The Hall–Kier alpha value is -3.15. The third-order valence-corrected chi connectivity index (χ3v) is 6.32. The van der Waals surface area contributed by atoms with Crippen molar-refractivity contribution in [1.29, 1.82) is 0 Å². The highest BCUT2D eigenvalue weighted by Crippen LogP contribution is 2.44. The van der Waals surface area contributed by atoms with E-state index in [-0.39, 0.29) is 17.3 Å². The molecule has 3 heterocycles. The number of fused-ring (bicyclic) bond motifs is 2. The lowest BCUT2D eigenvalue weighted by atomic mass is 9.77. The van der Waals surface area contributed by atoms with E-state index in [4.69, 9.17) is 4.98 Å². The summed E-state index contributed by atoms with van der Waals surface area (Å²) in [5, 5.41) is 2.86. The van der Waals surface area contributed by atoms with Gasteiger partial charge in [-0.25, -0.2) is 14.2 Å². The maximum Gasteiger partial charge on any atom is 0.321 e. The number of carbonyl (C=O) groups excluding carboxylic acids is 1. The van der Waals surface area contributed by atoms with Gasteiger partial charge in [0.2, 0.25) is 0 Å². The van der Waals surface area contributed by atoms with Gasteiger partial charge in [-0.05, 0) is 49.1 Å². The first-order valence-corrected chi connectivity index (χ1v) is 10.1. The quantitative estimate of drug-likeness (QED) is 0.692. The normalized spacial score (nSPS) is 17.3. The summed E-state index contributed by atoms with van der Waals surface area (Å²) in [4.78, 5) is 19.2. The van der Waals surface area contributed by atoms with Gasteiger partial charge in [0.1, 0.15) is 11.6 Å². The predicted molar refractivity (Wildman–Crippen MR) is 110 cm³/mol. The molecule has 1 fully saturated rings. The van der Waals surface area contributed by atoms with Crippen LogP contribution in [0.1, 0.15) is 25.1 Å². The van der Waals surface area contributed by atoms with Gasteiger partial charge in [-0.1, -0.05) is 30.3 Å². The molecule has 5 rings (SSSR count). The molecule has 5 nitrogen and oxygen atoms in total. The van der Waals surface area contributed by atoms with Crippen molar-refractivity contribution in [3.05, 3.63) is 72.4 Å². The molecule has 0 atom stereocenters. The fourth-order valence-corrected chi connectivity index (χ4v) is 4.65. The standard InChI is InChI=1S/C23H23FN4O/c24-18-6-8-19(9-7-18)26-22(29)27-13-10-23(11-14-27)12-15-28-20(16-25-21(23)28)17-4-2-1-3-5-17/h1-9,16H,10-15H2,(H,26,29). The molecule has 3 aromatic rings. The minimum Gasteiger partial charge on any atom is -0.328 e. The van der Waals surface area contributed by atoms with Gasteiger partial charge in [0, 0.05) is 30.7 Å². The number of halogens is 1. The summed E-state index contributed by atoms with van der Waals surface area (Å²) in [5.41, 5.74) is 3.04. The first-order chi connectivity index (χ1) is 14.1. The molecule has 6 heteroatoms. The number of aromatic nitrogens is 2. The number of carbonyl (C=O) groups is 1. The number of likely N-dealkylation sites (tertiary alicyclic amines) is 1. The fraction of sp³-hybridized carbons (Fsp3) is 0.304. The van der Waals surface area contributed by atoms with Crippen LogP contribution in [0.15, 0.2) is 60.8 Å². The zero-order valence-corrected chi connectivity index (χ0v) is 16.1. The Morgan fingerprint density at radius 1 is 0.966 bits per heavy atom. The molecule has 0 saturated carbocycles. The van der Waals surface area contributed by atoms with Crippen molar-refractivity contribution in [2.45, 2.75) is 31.2 Å². The van der Waals surface area contributed by atoms with E-state index in [0.717, 1.165) is 31.6 Å². The summed E-state index contributed by atoms with van der Waals surface area (Å²) in [5.74, 6) is 0.851. The molecule has 1 saturated heterocycles. The first kappa shape index (κ1) is 17.9. The summed E-state index contributed by atoms with van der Waals surface area (Å²) >= 11 is 0. The molecule has 0 unspecified atom stereocenters. The van der Waals surface area contributed by atoms with E-state index in [2.05, 4.69) is 34.1 Å². The number of amides is 2. The number of anilines is 1. The van der Waals surface area contributed by atoms with Crippen LogP contribution in [0.4, 0.5) is 14.9 Å². The van der Waals surface area contributed by atoms with Crippen LogP contribution in [0, 0.1) is 5.82 Å². The number of hydrogen-bond donors (Lipinski definition) is 1. The first-order valence-electron chi connectivity index (χ1n) is 10.1. The third-order valence-electron chi connectivity index (χ3n) is 6.32. The molecule has 148 valence electrons. The number of piperidine rings is 1. The Kier molecular flexibility index (Phi) is 4.34. The van der Waals surface area contributed by atoms with Crippen LogP contribution in [-0.4, -0.2) is 33.6 Å². The number of imidazole rings is 1. The van der Waals surface area contributed by atoms with Crippen LogP contribution >= 0.6 is 0 Å². The third kappa shape index (κ3) is 3.18. The van der Waals surface area contributed by atoms with Crippen LogP contribution in [0.5, 0.6) is 0 Å². The summed E-state index contributed by atoms with van der Waals surface area (Å²) in [6, 6.07) is 16.1. The number of urea groups is 1. The molecule has 0 aliphatic carbocycles. The second-order valence-electron chi connectivity index (χ2n) is 7.94. The smallest absolute Gasteiger partial charge is 0.321 e. The number of nitrogens with one attached hydrogen (secondary N) is 1. The largest absolute Gasteiger partial charge is 0.328 e. The highest BCUT2D eigenvalue weighted by Gasteiger charge is 2.44. The Balaban J connectivity index is 1.28. The summed E-state index contributed by atoms with van der Waals surface area (Å²) in [6.07, 6.45) is 4.88. The van der Waals surface area contributed by atoms with Gasteiger partial charge in [-0.3, -0.25) is 0 Å². The zero-order valence-electron chi connectivity index (χ0n) is 16.1. The average molecular weight is 390 g/mol. The molecule has 2 aromatic carbocycles. The lowest BCUT2D eigenvalue weighted by Crippen LogP contribution is -2.46. The number of benzene rings is 2. The van der Waals surface area contributed by atoms with E-state index in [1.807, 2.05) is 17.2 Å². The molecule has 1 N–H and O–H groups in total. The van der Waals surface area contributed by atoms with Gasteiger partial charge in [0.15, 0.2) is 0 Å². The van der Waals surface area contributed by atoms with Crippen molar-refractivity contribution in [2.75, 3.05) is 18.4 Å². The molecular weight excluding hydrogens is 367 g/mol. The predicted octanol–water partition coefficient (Wildman–Crippen LogP) is 4.66. The second-order valence-corrected chi connectivity index (χ2v) is 7.94. The average Bonchev–Trinajstić information content (AvgIpc) is 3.33. The van der Waals surface area contributed by atoms with Crippen molar-refractivity contribution < 1.29 is 9.18 Å². The van der Waals surface area contributed by atoms with Crippen molar-refractivity contribution in [3.63, 3.8) is 0 Å². The molecule has 0 radical (unpaired) electrons. The number of rotatable bonds is 2. The van der Waals surface area contributed by atoms with Crippen molar-refractivity contribution >= 4 is 11.7 Å². The molecule has 1 aromatic heterocycles. The topological polar surface area (TPSA) is 50.2 Å². The molecule has 2 aliphatic rings. The molecule has 2 amide bonds. The number of nitrogens with zero attached hydrogens (tertiary/aromatic N) is 3. The monoisotopic (exact) mass is 390 g/mol. The van der Waals surface area contributed by atoms with E-state index in [9.17, 15) is 9.18 Å². The van der Waals surface area contributed by atoms with Crippen LogP contribution in [0.25, 0.3) is 11.3 Å². The summed E-state index contributed by atoms with van der Waals surface area (Å²) in [6.45, 7) is 2.36. The van der Waals surface area contributed by atoms with Crippen molar-refractivity contribution in [3.8, 4) is 11.3 Å². The number of hydrogen-bond acceptors (Lipinski definition) is 2. The lowest BCUT2D eigenvalue weighted by molar-refractivity contribution is 0.166. The van der Waals surface area contributed by atoms with Gasteiger partial charge in [0.05, 0.1) is 11.9 Å². The minimum absolute atomic E-state index is 0.0552. The van der Waals surface area contributed by atoms with E-state index in [1.165, 1.54) is 23.4 Å². The van der Waals surface area contributed by atoms with Crippen molar-refractivity contribution in [2.24, 2.45) is 0 Å². The Labute approximate surface area is 169 Å². The van der Waals surface area contributed by atoms with Crippen molar-refractivity contribution in [1.82, 2.24) is 14.5 Å². The SMILES string of the molecule is O=C(Nc1ccc(F)cc1)N1CCC2(CC1)CCn1c(-c3ccccc3)cnc12. The van der Waals surface area contributed by atoms with Crippen LogP contribution < -0.4 is 5.32 Å². The molecule has 1 spiro atoms. The van der Waals surface area contributed by atoms with Gasteiger partial charge < -0.3 is 14.8 Å². The highest BCUT2D eigenvalue weighted by atomic mass is 19.1. The summed E-state index contributed by atoms with van der Waals surface area (Å²) in [7, 11) is 0.